The normalized spacial score (nSPS) is 18.8. The fourth-order valence-electron chi connectivity index (χ4n) is 3.32. The summed E-state index contributed by atoms with van der Waals surface area (Å²) >= 11 is 0. The average Bonchev–Trinajstić information content (AvgIpc) is 3.16. The molecule has 1 fully saturated rings. The van der Waals surface area contributed by atoms with Crippen LogP contribution in [0.5, 0.6) is 0 Å². The highest BCUT2D eigenvalue weighted by Crippen LogP contribution is 2.18. The van der Waals surface area contributed by atoms with E-state index in [1.807, 2.05) is 30.3 Å². The van der Waals surface area contributed by atoms with Crippen molar-refractivity contribution in [2.75, 3.05) is 13.1 Å². The third-order valence-corrected chi connectivity index (χ3v) is 6.31. The summed E-state index contributed by atoms with van der Waals surface area (Å²) in [5.74, 6) is -0.189. The number of aromatic nitrogens is 2. The molecule has 0 saturated carbocycles. The molecule has 1 aromatic carbocycles. The number of nitrogens with zero attached hydrogens (tertiary/aromatic N) is 2. The van der Waals surface area contributed by atoms with E-state index in [2.05, 4.69) is 15.3 Å². The summed E-state index contributed by atoms with van der Waals surface area (Å²) in [4.78, 5) is 20.2. The number of H-pyrrole nitrogens is 1. The zero-order chi connectivity index (χ0) is 19.5. The topological polar surface area (TPSA) is 98.3 Å². The zero-order valence-electron chi connectivity index (χ0n) is 15.3. The van der Waals surface area contributed by atoms with Crippen LogP contribution in [0.3, 0.4) is 0 Å². The van der Waals surface area contributed by atoms with Crippen LogP contribution in [0, 0.1) is 0 Å². The first-order chi connectivity index (χ1) is 13.6. The Balaban J connectivity index is 1.36. The minimum Gasteiger partial charge on any atom is -0.392 e. The number of hydrogen-bond donors (Lipinski definition) is 3. The maximum absolute atomic E-state index is 12.6. The Kier molecular flexibility index (Phi) is 5.52. The quantitative estimate of drug-likeness (QED) is 0.612. The number of amides is 1. The molecule has 146 valence electrons. The summed E-state index contributed by atoms with van der Waals surface area (Å²) in [5, 5.41) is 13.5. The highest BCUT2D eigenvalue weighted by Gasteiger charge is 2.23. The average molecular weight is 398 g/mol. The molecule has 0 spiro atoms. The van der Waals surface area contributed by atoms with Crippen molar-refractivity contribution in [1.82, 2.24) is 19.6 Å². The van der Waals surface area contributed by atoms with Crippen LogP contribution in [0.4, 0.5) is 0 Å². The molecule has 0 radical (unpaired) electrons. The Morgan fingerprint density at radius 3 is 2.89 bits per heavy atom. The lowest BCUT2D eigenvalue weighted by molar-refractivity contribution is 0.0946. The van der Waals surface area contributed by atoms with Gasteiger partial charge in [-0.1, -0.05) is 12.1 Å². The van der Waals surface area contributed by atoms with Crippen LogP contribution in [0.2, 0.25) is 0 Å². The molecule has 1 unspecified atom stereocenters. The first kappa shape index (κ1) is 18.8. The van der Waals surface area contributed by atoms with E-state index in [0.29, 0.717) is 23.7 Å². The molecule has 7 nitrogen and oxygen atoms in total. The Morgan fingerprint density at radius 2 is 2.14 bits per heavy atom. The van der Waals surface area contributed by atoms with Crippen molar-refractivity contribution in [2.45, 2.75) is 30.4 Å². The third kappa shape index (κ3) is 4.14. The van der Waals surface area contributed by atoms with Crippen molar-refractivity contribution in [3.8, 4) is 0 Å². The number of aliphatic hydroxyl groups is 1. The Bertz CT molecular complexity index is 969. The molecule has 2 atom stereocenters. The second kappa shape index (κ2) is 8.22. The van der Waals surface area contributed by atoms with E-state index in [9.17, 15) is 14.1 Å². The van der Waals surface area contributed by atoms with Gasteiger partial charge in [0.25, 0.3) is 5.91 Å². The van der Waals surface area contributed by atoms with E-state index in [1.54, 1.807) is 22.8 Å². The van der Waals surface area contributed by atoms with Crippen LogP contribution in [0.25, 0.3) is 10.9 Å². The third-order valence-electron chi connectivity index (χ3n) is 4.84. The van der Waals surface area contributed by atoms with E-state index in [0.717, 1.165) is 35.9 Å². The van der Waals surface area contributed by atoms with Crippen LogP contribution >= 0.6 is 0 Å². The van der Waals surface area contributed by atoms with E-state index in [1.165, 1.54) is 0 Å². The van der Waals surface area contributed by atoms with Crippen LogP contribution in [0.15, 0.2) is 53.7 Å². The Labute approximate surface area is 165 Å². The number of carbonyl (C=O) groups is 1. The van der Waals surface area contributed by atoms with E-state index >= 15 is 0 Å². The van der Waals surface area contributed by atoms with Gasteiger partial charge in [-0.25, -0.2) is 8.51 Å². The molecule has 28 heavy (non-hydrogen) atoms. The zero-order valence-corrected chi connectivity index (χ0v) is 16.1. The monoisotopic (exact) mass is 398 g/mol. The lowest BCUT2D eigenvalue weighted by atomic mass is 10.1. The molecule has 1 aliphatic heterocycles. The van der Waals surface area contributed by atoms with E-state index in [4.69, 9.17) is 0 Å². The Hall–Kier alpha value is -2.55. The van der Waals surface area contributed by atoms with Crippen molar-refractivity contribution < 1.29 is 14.1 Å². The van der Waals surface area contributed by atoms with E-state index in [-0.39, 0.29) is 5.91 Å². The number of piperidine rings is 1. The van der Waals surface area contributed by atoms with Gasteiger partial charge in [-0.15, -0.1) is 0 Å². The number of nitrogens with one attached hydrogen (secondary N) is 2. The van der Waals surface area contributed by atoms with Crippen LogP contribution in [-0.4, -0.2) is 48.7 Å². The fourth-order valence-corrected chi connectivity index (χ4v) is 4.59. The maximum atomic E-state index is 12.6. The molecule has 8 heteroatoms. The van der Waals surface area contributed by atoms with Crippen molar-refractivity contribution in [3.05, 3.63) is 60.0 Å². The lowest BCUT2D eigenvalue weighted by Gasteiger charge is -2.28. The second-order valence-electron chi connectivity index (χ2n) is 6.91. The molecule has 3 aromatic rings. The van der Waals surface area contributed by atoms with Gasteiger partial charge in [-0.2, -0.15) is 0 Å². The summed E-state index contributed by atoms with van der Waals surface area (Å²) in [6.45, 7) is 1.54. The first-order valence-electron chi connectivity index (χ1n) is 9.25. The number of pyridine rings is 1. The molecule has 3 N–H and O–H groups in total. The number of aromatic amines is 1. The molecule has 4 rings (SSSR count). The van der Waals surface area contributed by atoms with E-state index < -0.39 is 17.1 Å². The summed E-state index contributed by atoms with van der Waals surface area (Å²) in [6, 6.07) is 11.0. The molecule has 3 heterocycles. The van der Waals surface area contributed by atoms with Crippen LogP contribution in [-0.2, 0) is 17.5 Å². The first-order valence-corrected chi connectivity index (χ1v) is 10.4. The highest BCUT2D eigenvalue weighted by atomic mass is 32.2. The van der Waals surface area contributed by atoms with Gasteiger partial charge in [-0.05, 0) is 42.7 Å². The fraction of sp³-hybridized carbons (Fsp3) is 0.300. The summed E-state index contributed by atoms with van der Waals surface area (Å²) in [6.07, 6.45) is 4.59. The van der Waals surface area contributed by atoms with Gasteiger partial charge in [-0.3, -0.25) is 9.78 Å². The van der Waals surface area contributed by atoms with Crippen LogP contribution < -0.4 is 5.32 Å². The van der Waals surface area contributed by atoms with Gasteiger partial charge in [0.05, 0.1) is 11.0 Å². The van der Waals surface area contributed by atoms with Gasteiger partial charge < -0.3 is 15.4 Å². The smallest absolute Gasteiger partial charge is 0.267 e. The summed E-state index contributed by atoms with van der Waals surface area (Å²) in [7, 11) is -1.28. The molecular formula is C20H22N4O3S. The Morgan fingerprint density at radius 1 is 1.32 bits per heavy atom. The predicted octanol–water partition coefficient (Wildman–Crippen LogP) is 1.97. The van der Waals surface area contributed by atoms with Crippen molar-refractivity contribution in [3.63, 3.8) is 0 Å². The lowest BCUT2D eigenvalue weighted by Crippen LogP contribution is -2.39. The number of fused-ring (bicyclic) bond motifs is 1. The molecule has 0 aliphatic carbocycles. The second-order valence-corrected chi connectivity index (χ2v) is 8.39. The molecule has 2 aromatic heterocycles. The molecule has 1 saturated heterocycles. The predicted molar refractivity (Wildman–Crippen MR) is 107 cm³/mol. The van der Waals surface area contributed by atoms with Gasteiger partial charge in [0.1, 0.15) is 16.7 Å². The van der Waals surface area contributed by atoms with Crippen molar-refractivity contribution in [2.24, 2.45) is 0 Å². The largest absolute Gasteiger partial charge is 0.392 e. The number of rotatable bonds is 5. The summed E-state index contributed by atoms with van der Waals surface area (Å²) in [5.41, 5.74) is 2.28. The minimum absolute atomic E-state index is 0.189. The molecule has 1 amide bonds. The molecule has 0 bridgehead atoms. The highest BCUT2D eigenvalue weighted by molar-refractivity contribution is 7.82. The summed E-state index contributed by atoms with van der Waals surface area (Å²) < 4.78 is 14.4. The number of aliphatic hydroxyl groups excluding tert-OH is 1. The van der Waals surface area contributed by atoms with Crippen molar-refractivity contribution in [1.29, 1.82) is 0 Å². The van der Waals surface area contributed by atoms with Gasteiger partial charge in [0.15, 0.2) is 0 Å². The number of β-amino-alcohol motifs (C(OH)–C–C–N with tert-alkyl or cyclic N) is 1. The molecule has 1 aliphatic rings. The van der Waals surface area contributed by atoms with Gasteiger partial charge >= 0.3 is 0 Å². The maximum Gasteiger partial charge on any atom is 0.267 e. The number of benzene rings is 1. The minimum atomic E-state index is -1.28. The van der Waals surface area contributed by atoms with Gasteiger partial charge in [0.2, 0.25) is 0 Å². The van der Waals surface area contributed by atoms with Gasteiger partial charge in [0, 0.05) is 42.9 Å². The standard InChI is InChI=1S/C20H22N4O3S/c25-16-2-1-9-24(13-16)28(27)17-5-3-14(4-6-17)11-22-20(26)19-10-15-12-21-8-7-18(15)23-19/h3-8,10,12,16,23,25H,1-2,9,11,13H2,(H,22,26)/t16-,28?/m1/s1. The molecular weight excluding hydrogens is 376 g/mol. The number of hydrogen-bond acceptors (Lipinski definition) is 4. The SMILES string of the molecule is O=C(NCc1ccc(S(=O)N2CCC[C@@H](O)C2)cc1)c1cc2cnccc2[nH]1. The number of carbonyl (C=O) groups excluding carboxylic acids is 1. The van der Waals surface area contributed by atoms with Crippen LogP contribution in [0.1, 0.15) is 28.9 Å². The van der Waals surface area contributed by atoms with Crippen molar-refractivity contribution >= 4 is 27.8 Å².